The van der Waals surface area contributed by atoms with Crippen LogP contribution in [0.2, 0.25) is 0 Å². The lowest BCUT2D eigenvalue weighted by Gasteiger charge is -2.37. The number of Topliss-reactive ketones (excluding diaryl/α,β-unsaturated/α-hetero) is 1. The Morgan fingerprint density at radius 1 is 0.795 bits per heavy atom. The van der Waals surface area contributed by atoms with Crippen LogP contribution in [0.3, 0.4) is 0 Å². The van der Waals surface area contributed by atoms with Gasteiger partial charge in [0.15, 0.2) is 5.78 Å². The van der Waals surface area contributed by atoms with E-state index >= 15 is 0 Å². The van der Waals surface area contributed by atoms with E-state index in [0.29, 0.717) is 31.9 Å². The van der Waals surface area contributed by atoms with Crippen molar-refractivity contribution < 1.29 is 19.1 Å². The molecule has 0 radical (unpaired) electrons. The van der Waals surface area contributed by atoms with Crippen LogP contribution < -0.4 is 5.32 Å². The Labute approximate surface area is 229 Å². The molecule has 2 aliphatic rings. The summed E-state index contributed by atoms with van der Waals surface area (Å²) in [5, 5.41) is 3.06. The zero-order valence-electron chi connectivity index (χ0n) is 22.4. The van der Waals surface area contributed by atoms with Crippen molar-refractivity contribution in [3.63, 3.8) is 0 Å². The van der Waals surface area contributed by atoms with Gasteiger partial charge >= 0.3 is 6.03 Å². The molecule has 3 aromatic rings. The SMILES string of the molecule is CC(C)NC(=O)C1C(c2ccccc2)C(C(=O)c2ccccc2)C(c2ccccc2)N1C(=O)N1CCOCC1. The van der Waals surface area contributed by atoms with E-state index in [1.165, 1.54) is 0 Å². The van der Waals surface area contributed by atoms with Crippen LogP contribution in [0, 0.1) is 5.92 Å². The number of amides is 3. The van der Waals surface area contributed by atoms with E-state index in [1.807, 2.05) is 105 Å². The zero-order chi connectivity index (χ0) is 27.4. The Kier molecular flexibility index (Phi) is 8.07. The number of hydrogen-bond donors (Lipinski definition) is 1. The highest BCUT2D eigenvalue weighted by Gasteiger charge is 2.58. The first kappa shape index (κ1) is 26.6. The molecule has 3 aromatic carbocycles. The second-order valence-corrected chi connectivity index (χ2v) is 10.4. The smallest absolute Gasteiger partial charge is 0.321 e. The molecular weight excluding hydrogens is 490 g/mol. The summed E-state index contributed by atoms with van der Waals surface area (Å²) < 4.78 is 5.51. The monoisotopic (exact) mass is 525 g/mol. The van der Waals surface area contributed by atoms with Gasteiger partial charge in [0.25, 0.3) is 0 Å². The van der Waals surface area contributed by atoms with Crippen LogP contribution in [0.25, 0.3) is 0 Å². The molecular formula is C32H35N3O4. The predicted molar refractivity (Wildman–Crippen MR) is 149 cm³/mol. The fourth-order valence-electron chi connectivity index (χ4n) is 5.91. The summed E-state index contributed by atoms with van der Waals surface area (Å²) in [7, 11) is 0. The number of urea groups is 1. The molecule has 202 valence electrons. The number of carbonyl (C=O) groups is 3. The van der Waals surface area contributed by atoms with Crippen molar-refractivity contribution in [3.8, 4) is 0 Å². The molecule has 39 heavy (non-hydrogen) atoms. The number of benzene rings is 3. The van der Waals surface area contributed by atoms with Gasteiger partial charge in [-0.2, -0.15) is 0 Å². The van der Waals surface area contributed by atoms with Crippen molar-refractivity contribution in [1.82, 2.24) is 15.1 Å². The number of nitrogens with zero attached hydrogens (tertiary/aromatic N) is 2. The average molecular weight is 526 g/mol. The number of morpholine rings is 1. The van der Waals surface area contributed by atoms with Crippen LogP contribution in [-0.4, -0.2) is 65.9 Å². The Morgan fingerprint density at radius 3 is 1.90 bits per heavy atom. The molecule has 3 amide bonds. The molecule has 4 atom stereocenters. The average Bonchev–Trinajstić information content (AvgIpc) is 3.34. The van der Waals surface area contributed by atoms with Crippen LogP contribution in [0.5, 0.6) is 0 Å². The van der Waals surface area contributed by atoms with Crippen molar-refractivity contribution in [1.29, 1.82) is 0 Å². The molecule has 0 aromatic heterocycles. The maximum absolute atomic E-state index is 14.4. The molecule has 4 unspecified atom stereocenters. The summed E-state index contributed by atoms with van der Waals surface area (Å²) in [6.45, 7) is 5.55. The second-order valence-electron chi connectivity index (χ2n) is 10.4. The van der Waals surface area contributed by atoms with Gasteiger partial charge in [-0.1, -0.05) is 91.0 Å². The van der Waals surface area contributed by atoms with E-state index in [-0.39, 0.29) is 23.8 Å². The van der Waals surface area contributed by atoms with Gasteiger partial charge in [-0.05, 0) is 25.0 Å². The molecule has 0 spiro atoms. The van der Waals surface area contributed by atoms with Crippen molar-refractivity contribution in [2.75, 3.05) is 26.3 Å². The normalized spacial score (nSPS) is 23.1. The van der Waals surface area contributed by atoms with Crippen LogP contribution in [0.1, 0.15) is 47.3 Å². The molecule has 7 nitrogen and oxygen atoms in total. The summed E-state index contributed by atoms with van der Waals surface area (Å²) >= 11 is 0. The first-order valence-corrected chi connectivity index (χ1v) is 13.6. The first-order chi connectivity index (χ1) is 19.0. The van der Waals surface area contributed by atoms with Gasteiger partial charge in [-0.3, -0.25) is 9.59 Å². The summed E-state index contributed by atoms with van der Waals surface area (Å²) in [6.07, 6.45) is 0. The lowest BCUT2D eigenvalue weighted by Crippen LogP contribution is -2.55. The van der Waals surface area contributed by atoms with Crippen molar-refractivity contribution in [2.24, 2.45) is 5.92 Å². The van der Waals surface area contributed by atoms with E-state index in [9.17, 15) is 14.4 Å². The minimum Gasteiger partial charge on any atom is -0.378 e. The number of nitrogens with one attached hydrogen (secondary N) is 1. The fraction of sp³-hybridized carbons (Fsp3) is 0.344. The van der Waals surface area contributed by atoms with E-state index in [4.69, 9.17) is 4.74 Å². The van der Waals surface area contributed by atoms with Crippen LogP contribution in [0.4, 0.5) is 4.79 Å². The molecule has 2 fully saturated rings. The number of rotatable bonds is 6. The summed E-state index contributed by atoms with van der Waals surface area (Å²) in [4.78, 5) is 46.3. The number of carbonyl (C=O) groups excluding carboxylic acids is 3. The number of likely N-dealkylation sites (tertiary alicyclic amines) is 1. The van der Waals surface area contributed by atoms with Crippen molar-refractivity contribution in [2.45, 2.75) is 37.9 Å². The zero-order valence-corrected chi connectivity index (χ0v) is 22.4. The van der Waals surface area contributed by atoms with Crippen LogP contribution in [-0.2, 0) is 9.53 Å². The third-order valence-corrected chi connectivity index (χ3v) is 7.56. The molecule has 0 aliphatic carbocycles. The predicted octanol–water partition coefficient (Wildman–Crippen LogP) is 4.67. The second kappa shape index (κ2) is 11.8. The molecule has 1 N–H and O–H groups in total. The largest absolute Gasteiger partial charge is 0.378 e. The van der Waals surface area contributed by atoms with Crippen molar-refractivity contribution >= 4 is 17.7 Å². The Morgan fingerprint density at radius 2 is 1.33 bits per heavy atom. The number of ketones is 1. The highest BCUT2D eigenvalue weighted by molar-refractivity contribution is 6.01. The highest BCUT2D eigenvalue weighted by Crippen LogP contribution is 2.51. The van der Waals surface area contributed by atoms with Crippen LogP contribution in [0.15, 0.2) is 91.0 Å². The van der Waals surface area contributed by atoms with Gasteiger partial charge in [0, 0.05) is 30.6 Å². The van der Waals surface area contributed by atoms with Gasteiger partial charge in [-0.25, -0.2) is 4.79 Å². The van der Waals surface area contributed by atoms with Gasteiger partial charge in [-0.15, -0.1) is 0 Å². The molecule has 0 bridgehead atoms. The number of hydrogen-bond acceptors (Lipinski definition) is 4. The van der Waals surface area contributed by atoms with E-state index in [1.54, 1.807) is 9.80 Å². The highest BCUT2D eigenvalue weighted by atomic mass is 16.5. The third-order valence-electron chi connectivity index (χ3n) is 7.56. The Bertz CT molecular complexity index is 1280. The lowest BCUT2D eigenvalue weighted by atomic mass is 9.76. The minimum atomic E-state index is -0.881. The van der Waals surface area contributed by atoms with E-state index in [0.717, 1.165) is 11.1 Å². The molecule has 2 heterocycles. The van der Waals surface area contributed by atoms with Crippen LogP contribution >= 0.6 is 0 Å². The quantitative estimate of drug-likeness (QED) is 0.475. The van der Waals surface area contributed by atoms with Crippen molar-refractivity contribution in [3.05, 3.63) is 108 Å². The molecule has 0 saturated carbocycles. The first-order valence-electron chi connectivity index (χ1n) is 13.6. The Balaban J connectivity index is 1.73. The third kappa shape index (κ3) is 5.45. The standard InChI is InChI=1S/C32H35N3O4/c1-22(2)33-31(37)29-26(23-12-6-3-7-13-23)27(30(36)25-16-10-5-11-17-25)28(24-14-8-4-9-15-24)35(29)32(38)34-18-20-39-21-19-34/h3-17,22,26-29H,18-21H2,1-2H3,(H,33,37). The summed E-state index contributed by atoms with van der Waals surface area (Å²) in [6, 6.07) is 26.6. The van der Waals surface area contributed by atoms with Gasteiger partial charge < -0.3 is 19.9 Å². The van der Waals surface area contributed by atoms with Gasteiger partial charge in [0.05, 0.1) is 25.2 Å². The number of ether oxygens (including phenoxy) is 1. The Hall–Kier alpha value is -3.97. The maximum atomic E-state index is 14.4. The minimum absolute atomic E-state index is 0.0852. The molecule has 7 heteroatoms. The topological polar surface area (TPSA) is 79.0 Å². The lowest BCUT2D eigenvalue weighted by molar-refractivity contribution is -0.126. The van der Waals surface area contributed by atoms with E-state index < -0.39 is 23.9 Å². The van der Waals surface area contributed by atoms with Gasteiger partial charge in [0.1, 0.15) is 6.04 Å². The van der Waals surface area contributed by atoms with Gasteiger partial charge in [0.2, 0.25) is 5.91 Å². The molecule has 2 aliphatic heterocycles. The van der Waals surface area contributed by atoms with E-state index in [2.05, 4.69) is 5.32 Å². The maximum Gasteiger partial charge on any atom is 0.321 e. The molecule has 5 rings (SSSR count). The molecule has 2 saturated heterocycles. The summed E-state index contributed by atoms with van der Waals surface area (Å²) in [5.74, 6) is -1.57. The fourth-order valence-corrected chi connectivity index (χ4v) is 5.91. The summed E-state index contributed by atoms with van der Waals surface area (Å²) in [5.41, 5.74) is 2.25.